The van der Waals surface area contributed by atoms with Gasteiger partial charge < -0.3 is 14.5 Å². The van der Waals surface area contributed by atoms with Gasteiger partial charge in [-0.1, -0.05) is 0 Å². The number of halogens is 1. The number of nitrogens with zero attached hydrogens (tertiary/aromatic N) is 2. The topological polar surface area (TPSA) is 66.9 Å². The van der Waals surface area contributed by atoms with Crippen molar-refractivity contribution in [2.24, 2.45) is 5.92 Å². The number of benzene rings is 1. The van der Waals surface area contributed by atoms with Crippen LogP contribution in [0.15, 0.2) is 24.3 Å². The zero-order valence-corrected chi connectivity index (χ0v) is 13.9. The van der Waals surface area contributed by atoms with Gasteiger partial charge in [-0.2, -0.15) is 0 Å². The number of amides is 2. The van der Waals surface area contributed by atoms with E-state index in [4.69, 9.17) is 0 Å². The molecule has 1 atom stereocenters. The molecule has 7 heteroatoms. The molecule has 0 fully saturated rings. The van der Waals surface area contributed by atoms with Crippen LogP contribution in [0.1, 0.15) is 13.8 Å². The third-order valence-corrected chi connectivity index (χ3v) is 3.23. The second kappa shape index (κ2) is 7.71. The molecule has 1 aromatic rings. The molecule has 0 bridgehead atoms. The molecule has 0 aromatic heterocycles. The predicted octanol–water partition coefficient (Wildman–Crippen LogP) is 1.44. The molecule has 0 aliphatic carbocycles. The molecule has 126 valence electrons. The van der Waals surface area contributed by atoms with Crippen molar-refractivity contribution in [1.29, 1.82) is 0 Å². The van der Waals surface area contributed by atoms with Crippen molar-refractivity contribution in [3.05, 3.63) is 30.1 Å². The highest BCUT2D eigenvalue weighted by molar-refractivity contribution is 6.20. The van der Waals surface area contributed by atoms with E-state index in [0.29, 0.717) is 5.69 Å². The van der Waals surface area contributed by atoms with Crippen LogP contribution in [0.4, 0.5) is 10.1 Å². The molecule has 0 saturated carbocycles. The Morgan fingerprint density at radius 2 is 1.57 bits per heavy atom. The standard InChI is InChI=1S/C16H21FN2O4/c1-10(2)19(12-8-6-11(17)7-9-12)15(21)13(16(22)23-5)14(20)18(3)4/h6-10,13H,1-5H3. The summed E-state index contributed by atoms with van der Waals surface area (Å²) < 4.78 is 17.7. The summed E-state index contributed by atoms with van der Waals surface area (Å²) in [6, 6.07) is 4.91. The van der Waals surface area contributed by atoms with Crippen molar-refractivity contribution < 1.29 is 23.5 Å². The second-order valence-corrected chi connectivity index (χ2v) is 5.47. The lowest BCUT2D eigenvalue weighted by Crippen LogP contribution is -2.49. The summed E-state index contributed by atoms with van der Waals surface area (Å²) >= 11 is 0. The Labute approximate surface area is 134 Å². The first-order valence-electron chi connectivity index (χ1n) is 7.08. The monoisotopic (exact) mass is 324 g/mol. The van der Waals surface area contributed by atoms with Crippen LogP contribution in [-0.2, 0) is 19.1 Å². The highest BCUT2D eigenvalue weighted by Gasteiger charge is 2.40. The number of ether oxygens (including phenoxy) is 1. The van der Waals surface area contributed by atoms with E-state index in [9.17, 15) is 18.8 Å². The van der Waals surface area contributed by atoms with E-state index in [0.717, 1.165) is 12.0 Å². The van der Waals surface area contributed by atoms with Gasteiger partial charge in [-0.15, -0.1) is 0 Å². The molecule has 23 heavy (non-hydrogen) atoms. The van der Waals surface area contributed by atoms with E-state index in [1.54, 1.807) is 13.8 Å². The highest BCUT2D eigenvalue weighted by Crippen LogP contribution is 2.21. The molecule has 1 rings (SSSR count). The van der Waals surface area contributed by atoms with Gasteiger partial charge in [-0.25, -0.2) is 4.39 Å². The van der Waals surface area contributed by atoms with Crippen molar-refractivity contribution in [3.8, 4) is 0 Å². The Kier molecular flexibility index (Phi) is 6.24. The van der Waals surface area contributed by atoms with E-state index in [1.165, 1.54) is 43.3 Å². The van der Waals surface area contributed by atoms with Gasteiger partial charge in [0, 0.05) is 25.8 Å². The number of rotatable bonds is 5. The largest absolute Gasteiger partial charge is 0.468 e. The molecule has 0 aliphatic heterocycles. The normalized spacial score (nSPS) is 11.8. The van der Waals surface area contributed by atoms with Crippen molar-refractivity contribution in [3.63, 3.8) is 0 Å². The smallest absolute Gasteiger partial charge is 0.327 e. The van der Waals surface area contributed by atoms with Crippen LogP contribution >= 0.6 is 0 Å². The molecular weight excluding hydrogens is 303 g/mol. The minimum absolute atomic E-state index is 0.338. The number of carbonyl (C=O) groups excluding carboxylic acids is 3. The minimum atomic E-state index is -1.59. The molecule has 1 aromatic carbocycles. The van der Waals surface area contributed by atoms with Crippen LogP contribution in [0.2, 0.25) is 0 Å². The summed E-state index contributed by atoms with van der Waals surface area (Å²) in [5.41, 5.74) is 0.395. The lowest BCUT2D eigenvalue weighted by Gasteiger charge is -2.30. The Morgan fingerprint density at radius 3 is 1.96 bits per heavy atom. The van der Waals surface area contributed by atoms with Gasteiger partial charge in [-0.05, 0) is 38.1 Å². The SMILES string of the molecule is COC(=O)C(C(=O)N(C)C)C(=O)N(c1ccc(F)cc1)C(C)C. The quantitative estimate of drug-likeness (QED) is 0.607. The lowest BCUT2D eigenvalue weighted by molar-refractivity contribution is -0.156. The average Bonchev–Trinajstić information content (AvgIpc) is 2.48. The fourth-order valence-corrected chi connectivity index (χ4v) is 2.10. The zero-order valence-electron chi connectivity index (χ0n) is 13.9. The van der Waals surface area contributed by atoms with Crippen molar-refractivity contribution in [2.75, 3.05) is 26.1 Å². The molecular formula is C16H21FN2O4. The molecule has 0 N–H and O–H groups in total. The molecule has 0 aliphatic rings. The van der Waals surface area contributed by atoms with Gasteiger partial charge >= 0.3 is 5.97 Å². The van der Waals surface area contributed by atoms with Crippen LogP contribution in [0.25, 0.3) is 0 Å². The Hall–Kier alpha value is -2.44. The van der Waals surface area contributed by atoms with Crippen LogP contribution < -0.4 is 4.90 Å². The number of carbonyl (C=O) groups is 3. The number of anilines is 1. The van der Waals surface area contributed by atoms with Crippen LogP contribution in [0.3, 0.4) is 0 Å². The fraction of sp³-hybridized carbons (Fsp3) is 0.438. The maximum atomic E-state index is 13.1. The maximum Gasteiger partial charge on any atom is 0.327 e. The summed E-state index contributed by atoms with van der Waals surface area (Å²) in [6.45, 7) is 3.46. The summed E-state index contributed by atoms with van der Waals surface area (Å²) in [4.78, 5) is 39.4. The minimum Gasteiger partial charge on any atom is -0.468 e. The van der Waals surface area contributed by atoms with E-state index in [1.807, 2.05) is 0 Å². The molecule has 0 heterocycles. The lowest BCUT2D eigenvalue weighted by atomic mass is 10.0. The van der Waals surface area contributed by atoms with Gasteiger partial charge in [0.2, 0.25) is 11.8 Å². The summed E-state index contributed by atoms with van der Waals surface area (Å²) in [6.07, 6.45) is 0. The average molecular weight is 324 g/mol. The number of methoxy groups -OCH3 is 1. The Morgan fingerprint density at radius 1 is 1.04 bits per heavy atom. The molecule has 6 nitrogen and oxygen atoms in total. The van der Waals surface area contributed by atoms with Crippen molar-refractivity contribution in [1.82, 2.24) is 4.90 Å². The van der Waals surface area contributed by atoms with Gasteiger partial charge in [0.05, 0.1) is 7.11 Å². The second-order valence-electron chi connectivity index (χ2n) is 5.47. The van der Waals surface area contributed by atoms with E-state index in [2.05, 4.69) is 4.74 Å². The van der Waals surface area contributed by atoms with E-state index >= 15 is 0 Å². The molecule has 0 spiro atoms. The van der Waals surface area contributed by atoms with Crippen LogP contribution in [-0.4, -0.2) is 49.9 Å². The number of hydrogen-bond donors (Lipinski definition) is 0. The zero-order chi connectivity index (χ0) is 17.7. The first kappa shape index (κ1) is 18.6. The van der Waals surface area contributed by atoms with Crippen molar-refractivity contribution >= 4 is 23.5 Å². The molecule has 0 saturated heterocycles. The summed E-state index contributed by atoms with van der Waals surface area (Å²) in [5, 5.41) is 0. The van der Waals surface area contributed by atoms with Crippen LogP contribution in [0.5, 0.6) is 0 Å². The van der Waals surface area contributed by atoms with Crippen LogP contribution in [0, 0.1) is 11.7 Å². The highest BCUT2D eigenvalue weighted by atomic mass is 19.1. The first-order chi connectivity index (χ1) is 10.7. The third-order valence-electron chi connectivity index (χ3n) is 3.23. The molecule has 2 amide bonds. The first-order valence-corrected chi connectivity index (χ1v) is 7.08. The number of esters is 1. The predicted molar refractivity (Wildman–Crippen MR) is 83.2 cm³/mol. The molecule has 1 unspecified atom stereocenters. The maximum absolute atomic E-state index is 13.1. The number of hydrogen-bond acceptors (Lipinski definition) is 4. The van der Waals surface area contributed by atoms with Gasteiger partial charge in [-0.3, -0.25) is 14.4 Å². The van der Waals surface area contributed by atoms with Gasteiger partial charge in [0.1, 0.15) is 5.82 Å². The molecule has 0 radical (unpaired) electrons. The van der Waals surface area contributed by atoms with Crippen molar-refractivity contribution in [2.45, 2.75) is 19.9 Å². The fourth-order valence-electron chi connectivity index (χ4n) is 2.10. The van der Waals surface area contributed by atoms with E-state index in [-0.39, 0.29) is 6.04 Å². The van der Waals surface area contributed by atoms with E-state index < -0.39 is 29.5 Å². The Balaban J connectivity index is 3.27. The van der Waals surface area contributed by atoms with Gasteiger partial charge in [0.15, 0.2) is 0 Å². The van der Waals surface area contributed by atoms with Gasteiger partial charge in [0.25, 0.3) is 5.91 Å². The third kappa shape index (κ3) is 4.28. The Bertz CT molecular complexity index is 584. The summed E-state index contributed by atoms with van der Waals surface area (Å²) in [7, 11) is 4.01. The summed E-state index contributed by atoms with van der Waals surface area (Å²) in [5.74, 6) is -4.35.